The number of hydrogen-bond acceptors (Lipinski definition) is 4. The highest BCUT2D eigenvalue weighted by Crippen LogP contribution is 2.18. The Morgan fingerprint density at radius 2 is 2.47 bits per heavy atom. The van der Waals surface area contributed by atoms with Gasteiger partial charge in [0.2, 0.25) is 11.9 Å². The van der Waals surface area contributed by atoms with Gasteiger partial charge in [0.1, 0.15) is 5.82 Å². The maximum atomic E-state index is 11.4. The third-order valence-electron chi connectivity index (χ3n) is 2.20. The molecule has 0 saturated heterocycles. The van der Waals surface area contributed by atoms with Gasteiger partial charge in [-0.3, -0.25) is 14.9 Å². The fourth-order valence-corrected chi connectivity index (χ4v) is 1.55. The van der Waals surface area contributed by atoms with Crippen LogP contribution in [0.1, 0.15) is 12.2 Å². The number of carboxylic acids is 1. The lowest BCUT2D eigenvalue weighted by Gasteiger charge is -2.20. The fourth-order valence-electron chi connectivity index (χ4n) is 1.55. The molecule has 1 aromatic rings. The quantitative estimate of drug-likeness (QED) is 0.694. The normalized spacial score (nSPS) is 19.5. The van der Waals surface area contributed by atoms with Crippen LogP contribution in [0.2, 0.25) is 0 Å². The summed E-state index contributed by atoms with van der Waals surface area (Å²) in [5.41, 5.74) is 0. The van der Waals surface area contributed by atoms with Crippen molar-refractivity contribution >= 4 is 17.8 Å². The van der Waals surface area contributed by atoms with Crippen LogP contribution >= 0.6 is 0 Å². The highest BCUT2D eigenvalue weighted by atomic mass is 16.4. The van der Waals surface area contributed by atoms with E-state index in [9.17, 15) is 9.59 Å². The smallest absolute Gasteiger partial charge is 0.304 e. The van der Waals surface area contributed by atoms with Gasteiger partial charge in [0.05, 0.1) is 18.9 Å². The van der Waals surface area contributed by atoms with Crippen LogP contribution in [0, 0.1) is 12.8 Å². The molecule has 0 radical (unpaired) electrons. The van der Waals surface area contributed by atoms with E-state index in [1.807, 2.05) is 0 Å². The van der Waals surface area contributed by atoms with Gasteiger partial charge in [0.15, 0.2) is 0 Å². The summed E-state index contributed by atoms with van der Waals surface area (Å²) in [6, 6.07) is 0. The van der Waals surface area contributed by atoms with Crippen molar-refractivity contribution in [2.45, 2.75) is 19.9 Å². The number of hydrogen-bond donors (Lipinski definition) is 2. The van der Waals surface area contributed by atoms with Gasteiger partial charge in [-0.25, -0.2) is 4.68 Å². The van der Waals surface area contributed by atoms with Gasteiger partial charge in [-0.1, -0.05) is 0 Å². The zero-order valence-corrected chi connectivity index (χ0v) is 8.10. The molecule has 80 valence electrons. The van der Waals surface area contributed by atoms with E-state index in [2.05, 4.69) is 15.4 Å². The first kappa shape index (κ1) is 9.63. The van der Waals surface area contributed by atoms with Crippen molar-refractivity contribution in [1.29, 1.82) is 0 Å². The van der Waals surface area contributed by atoms with E-state index in [-0.39, 0.29) is 18.9 Å². The topological polar surface area (TPSA) is 97.1 Å². The lowest BCUT2D eigenvalue weighted by Crippen LogP contribution is -2.35. The lowest BCUT2D eigenvalue weighted by atomic mass is 10.0. The Labute approximate surface area is 85.1 Å². The molecule has 1 atom stereocenters. The molecule has 7 nitrogen and oxygen atoms in total. The van der Waals surface area contributed by atoms with Crippen molar-refractivity contribution in [2.24, 2.45) is 5.92 Å². The fraction of sp³-hybridized carbons (Fsp3) is 0.500. The van der Waals surface area contributed by atoms with E-state index in [1.54, 1.807) is 6.92 Å². The minimum absolute atomic E-state index is 0.190. The average Bonchev–Trinajstić information content (AvgIpc) is 2.44. The Morgan fingerprint density at radius 3 is 3.13 bits per heavy atom. The number of nitrogens with zero attached hydrogens (tertiary/aromatic N) is 3. The second-order valence-corrected chi connectivity index (χ2v) is 3.45. The van der Waals surface area contributed by atoms with Crippen LogP contribution in [0.4, 0.5) is 5.95 Å². The monoisotopic (exact) mass is 210 g/mol. The first-order chi connectivity index (χ1) is 7.06. The molecule has 1 aliphatic rings. The van der Waals surface area contributed by atoms with Gasteiger partial charge in [0, 0.05) is 0 Å². The summed E-state index contributed by atoms with van der Waals surface area (Å²) in [5.74, 6) is -0.927. The number of aryl methyl sites for hydroxylation is 1. The molecule has 7 heteroatoms. The minimum Gasteiger partial charge on any atom is -0.481 e. The molecular formula is C8H10N4O3. The van der Waals surface area contributed by atoms with Crippen molar-refractivity contribution in [1.82, 2.24) is 14.8 Å². The SMILES string of the molecule is Cc1nc2n(n1)C[C@H](CC(=O)O)C(=O)N2. The van der Waals surface area contributed by atoms with Crippen molar-refractivity contribution in [3.63, 3.8) is 0 Å². The zero-order valence-electron chi connectivity index (χ0n) is 8.10. The molecule has 0 saturated carbocycles. The zero-order chi connectivity index (χ0) is 11.0. The third-order valence-corrected chi connectivity index (χ3v) is 2.20. The summed E-state index contributed by atoms with van der Waals surface area (Å²) in [6.07, 6.45) is -0.190. The maximum Gasteiger partial charge on any atom is 0.304 e. The van der Waals surface area contributed by atoms with Crippen LogP contribution < -0.4 is 5.32 Å². The number of aliphatic carboxylic acids is 1. The van der Waals surface area contributed by atoms with E-state index in [1.165, 1.54) is 4.68 Å². The minimum atomic E-state index is -0.990. The number of nitrogens with one attached hydrogen (secondary N) is 1. The Morgan fingerprint density at radius 1 is 1.73 bits per heavy atom. The van der Waals surface area contributed by atoms with Crippen LogP contribution in [0.3, 0.4) is 0 Å². The summed E-state index contributed by atoms with van der Waals surface area (Å²) in [5, 5.41) is 15.2. The molecule has 2 N–H and O–H groups in total. The van der Waals surface area contributed by atoms with Crippen LogP contribution in [0.25, 0.3) is 0 Å². The van der Waals surface area contributed by atoms with Gasteiger partial charge in [-0.2, -0.15) is 10.1 Å². The second kappa shape index (κ2) is 3.34. The highest BCUT2D eigenvalue weighted by molar-refractivity contribution is 5.94. The molecule has 0 bridgehead atoms. The highest BCUT2D eigenvalue weighted by Gasteiger charge is 2.29. The second-order valence-electron chi connectivity index (χ2n) is 3.45. The van der Waals surface area contributed by atoms with E-state index in [0.717, 1.165) is 0 Å². The largest absolute Gasteiger partial charge is 0.481 e. The molecule has 0 aliphatic carbocycles. The van der Waals surface area contributed by atoms with Gasteiger partial charge in [0.25, 0.3) is 0 Å². The molecule has 15 heavy (non-hydrogen) atoms. The number of carbonyl (C=O) groups is 2. The number of amides is 1. The maximum absolute atomic E-state index is 11.4. The summed E-state index contributed by atoms with van der Waals surface area (Å²) >= 11 is 0. The van der Waals surface area contributed by atoms with Crippen LogP contribution in [0.5, 0.6) is 0 Å². The van der Waals surface area contributed by atoms with Crippen LogP contribution in [0.15, 0.2) is 0 Å². The summed E-state index contributed by atoms with van der Waals surface area (Å²) in [7, 11) is 0. The molecule has 2 heterocycles. The Balaban J connectivity index is 2.21. The van der Waals surface area contributed by atoms with Crippen molar-refractivity contribution in [2.75, 3.05) is 5.32 Å². The Kier molecular flexibility index (Phi) is 2.14. The number of rotatable bonds is 2. The number of anilines is 1. The summed E-state index contributed by atoms with van der Waals surface area (Å²) in [6.45, 7) is 1.98. The molecule has 0 unspecified atom stereocenters. The first-order valence-electron chi connectivity index (χ1n) is 4.50. The number of aromatic nitrogens is 3. The first-order valence-corrected chi connectivity index (χ1v) is 4.50. The van der Waals surface area contributed by atoms with Gasteiger partial charge in [-0.05, 0) is 6.92 Å². The van der Waals surface area contributed by atoms with E-state index in [0.29, 0.717) is 11.8 Å². The third kappa shape index (κ3) is 1.80. The van der Waals surface area contributed by atoms with Crippen molar-refractivity contribution in [3.8, 4) is 0 Å². The predicted octanol–water partition coefficient (Wildman–Crippen LogP) is -0.370. The molecule has 1 aromatic heterocycles. The number of carbonyl (C=O) groups excluding carboxylic acids is 1. The van der Waals surface area contributed by atoms with Crippen molar-refractivity contribution < 1.29 is 14.7 Å². The Hall–Kier alpha value is -1.92. The van der Waals surface area contributed by atoms with Gasteiger partial charge in [-0.15, -0.1) is 0 Å². The number of fused-ring (bicyclic) bond motifs is 1. The van der Waals surface area contributed by atoms with Crippen molar-refractivity contribution in [3.05, 3.63) is 5.82 Å². The van der Waals surface area contributed by atoms with Gasteiger partial charge >= 0.3 is 5.97 Å². The molecule has 2 rings (SSSR count). The predicted molar refractivity (Wildman–Crippen MR) is 49.1 cm³/mol. The van der Waals surface area contributed by atoms with Gasteiger partial charge < -0.3 is 5.11 Å². The summed E-state index contributed by atoms with van der Waals surface area (Å²) in [4.78, 5) is 25.9. The molecular weight excluding hydrogens is 200 g/mol. The van der Waals surface area contributed by atoms with Crippen LogP contribution in [-0.2, 0) is 16.1 Å². The lowest BCUT2D eigenvalue weighted by molar-refractivity contribution is -0.140. The number of carboxylic acid groups (broad SMARTS) is 1. The van der Waals surface area contributed by atoms with E-state index in [4.69, 9.17) is 5.11 Å². The molecule has 0 aromatic carbocycles. The standard InChI is InChI=1S/C8H10N4O3/c1-4-9-8-10-7(15)5(2-6(13)14)3-12(8)11-4/h5H,2-3H2,1H3,(H,13,14)(H,9,10,11,15)/t5-/m0/s1. The van der Waals surface area contributed by atoms with E-state index < -0.39 is 11.9 Å². The molecule has 1 aliphatic heterocycles. The molecule has 0 spiro atoms. The summed E-state index contributed by atoms with van der Waals surface area (Å²) < 4.78 is 1.52. The molecule has 0 fully saturated rings. The average molecular weight is 210 g/mol. The Bertz CT molecular complexity index is 426. The van der Waals surface area contributed by atoms with E-state index >= 15 is 0 Å². The van der Waals surface area contributed by atoms with Crippen LogP contribution in [-0.4, -0.2) is 31.7 Å². The molecule has 1 amide bonds.